The summed E-state index contributed by atoms with van der Waals surface area (Å²) in [7, 11) is 0. The van der Waals surface area contributed by atoms with Gasteiger partial charge in [0, 0.05) is 0 Å². The zero-order valence-corrected chi connectivity index (χ0v) is 8.83. The maximum Gasteiger partial charge on any atom is 0.572 e. The molecule has 0 N–H and O–H groups in total. The molecule has 4 heteroatoms. The third kappa shape index (κ3) is 5.67. The van der Waals surface area contributed by atoms with Crippen LogP contribution in [0.2, 0.25) is 0 Å². The molecule has 0 radical (unpaired) electrons. The molecule has 82 valence electrons. The lowest BCUT2D eigenvalue weighted by molar-refractivity contribution is -0.305. The monoisotopic (exact) mass is 208 g/mol. The van der Waals surface area contributed by atoms with E-state index in [1.165, 1.54) is 6.92 Å². The summed E-state index contributed by atoms with van der Waals surface area (Å²) < 4.78 is 39.2. The molecule has 0 aromatic rings. The first-order chi connectivity index (χ1) is 6.26. The zero-order valence-electron chi connectivity index (χ0n) is 8.83. The molecule has 0 aromatic heterocycles. The molecule has 0 heterocycles. The molecule has 0 bridgehead atoms. The van der Waals surface area contributed by atoms with Crippen LogP contribution in [0.3, 0.4) is 0 Å². The van der Waals surface area contributed by atoms with Gasteiger partial charge in [0.15, 0.2) is 0 Å². The molecule has 0 rings (SSSR count). The molecule has 0 aliphatic carbocycles. The Morgan fingerprint density at radius 2 is 1.71 bits per heavy atom. The molecule has 0 spiro atoms. The SMILES string of the molecule is CC/C(C)=C\C(C)=C(/C)OC(F)(F)F. The lowest BCUT2D eigenvalue weighted by Gasteiger charge is -2.10. The van der Waals surface area contributed by atoms with E-state index in [1.54, 1.807) is 13.0 Å². The van der Waals surface area contributed by atoms with Gasteiger partial charge in [0.25, 0.3) is 0 Å². The van der Waals surface area contributed by atoms with Gasteiger partial charge >= 0.3 is 6.36 Å². The van der Waals surface area contributed by atoms with E-state index in [4.69, 9.17) is 0 Å². The van der Waals surface area contributed by atoms with Crippen LogP contribution >= 0.6 is 0 Å². The standard InChI is InChI=1S/C10H15F3O/c1-5-7(2)6-8(3)9(4)14-10(11,12)13/h6H,5H2,1-4H3/b7-6-,9-8+. The van der Waals surface area contributed by atoms with Crippen molar-refractivity contribution in [1.29, 1.82) is 0 Å². The highest BCUT2D eigenvalue weighted by Crippen LogP contribution is 2.23. The van der Waals surface area contributed by atoms with Crippen LogP contribution in [0.1, 0.15) is 34.1 Å². The quantitative estimate of drug-likeness (QED) is 0.499. The van der Waals surface area contributed by atoms with Crippen LogP contribution in [-0.2, 0) is 4.74 Å². The van der Waals surface area contributed by atoms with Gasteiger partial charge in [0.1, 0.15) is 5.76 Å². The molecule has 0 aromatic carbocycles. The highest BCUT2D eigenvalue weighted by atomic mass is 19.4. The van der Waals surface area contributed by atoms with E-state index < -0.39 is 6.36 Å². The Morgan fingerprint density at radius 3 is 2.07 bits per heavy atom. The van der Waals surface area contributed by atoms with Crippen LogP contribution < -0.4 is 0 Å². The van der Waals surface area contributed by atoms with Crippen molar-refractivity contribution in [3.8, 4) is 0 Å². The minimum Gasteiger partial charge on any atom is -0.410 e. The molecular formula is C10H15F3O. The van der Waals surface area contributed by atoms with Gasteiger partial charge < -0.3 is 4.74 Å². The van der Waals surface area contributed by atoms with Crippen molar-refractivity contribution in [1.82, 2.24) is 0 Å². The maximum absolute atomic E-state index is 11.8. The average molecular weight is 208 g/mol. The third-order valence-electron chi connectivity index (χ3n) is 1.84. The van der Waals surface area contributed by atoms with E-state index in [-0.39, 0.29) is 5.76 Å². The van der Waals surface area contributed by atoms with Crippen LogP contribution in [0.5, 0.6) is 0 Å². The molecule has 0 saturated carbocycles. The van der Waals surface area contributed by atoms with Crippen LogP contribution in [0.25, 0.3) is 0 Å². The van der Waals surface area contributed by atoms with Gasteiger partial charge in [-0.2, -0.15) is 0 Å². The molecule has 0 aliphatic heterocycles. The van der Waals surface area contributed by atoms with E-state index in [0.29, 0.717) is 5.57 Å². The number of alkyl halides is 3. The summed E-state index contributed by atoms with van der Waals surface area (Å²) in [5.74, 6) is -0.106. The second-order valence-electron chi connectivity index (χ2n) is 3.13. The van der Waals surface area contributed by atoms with E-state index in [2.05, 4.69) is 4.74 Å². The van der Waals surface area contributed by atoms with Crippen molar-refractivity contribution in [2.45, 2.75) is 40.5 Å². The van der Waals surface area contributed by atoms with Crippen molar-refractivity contribution in [2.24, 2.45) is 0 Å². The smallest absolute Gasteiger partial charge is 0.410 e. The average Bonchev–Trinajstić information content (AvgIpc) is 2.00. The molecule has 0 fully saturated rings. The Hall–Kier alpha value is -0.930. The molecule has 0 atom stereocenters. The number of halogens is 3. The minimum absolute atomic E-state index is 0.106. The second kappa shape index (κ2) is 5.08. The fourth-order valence-electron chi connectivity index (χ4n) is 0.827. The van der Waals surface area contributed by atoms with Gasteiger partial charge in [0.05, 0.1) is 0 Å². The Labute approximate surface area is 82.3 Å². The van der Waals surface area contributed by atoms with Crippen molar-refractivity contribution < 1.29 is 17.9 Å². The molecule has 0 saturated heterocycles. The molecule has 1 nitrogen and oxygen atoms in total. The lowest BCUT2D eigenvalue weighted by Crippen LogP contribution is -2.12. The summed E-state index contributed by atoms with van der Waals surface area (Å²) in [4.78, 5) is 0. The first kappa shape index (κ1) is 13.1. The van der Waals surface area contributed by atoms with Crippen molar-refractivity contribution >= 4 is 0 Å². The summed E-state index contributed by atoms with van der Waals surface area (Å²) in [5, 5.41) is 0. The normalized spacial score (nSPS) is 15.2. The number of hydrogen-bond acceptors (Lipinski definition) is 1. The van der Waals surface area contributed by atoms with E-state index in [0.717, 1.165) is 12.0 Å². The van der Waals surface area contributed by atoms with Gasteiger partial charge in [-0.3, -0.25) is 0 Å². The van der Waals surface area contributed by atoms with Crippen molar-refractivity contribution in [3.63, 3.8) is 0 Å². The minimum atomic E-state index is -4.60. The highest BCUT2D eigenvalue weighted by Gasteiger charge is 2.31. The topological polar surface area (TPSA) is 9.23 Å². The van der Waals surface area contributed by atoms with Crippen LogP contribution in [0.15, 0.2) is 23.0 Å². The molecule has 0 unspecified atom stereocenters. The van der Waals surface area contributed by atoms with E-state index >= 15 is 0 Å². The Balaban J connectivity index is 4.60. The molecular weight excluding hydrogens is 193 g/mol. The number of hydrogen-bond donors (Lipinski definition) is 0. The van der Waals surface area contributed by atoms with Gasteiger partial charge in [-0.25, -0.2) is 0 Å². The largest absolute Gasteiger partial charge is 0.572 e. The fraction of sp³-hybridized carbons (Fsp3) is 0.600. The lowest BCUT2D eigenvalue weighted by atomic mass is 10.1. The number of ether oxygens (including phenoxy) is 1. The maximum atomic E-state index is 11.8. The molecule has 14 heavy (non-hydrogen) atoms. The van der Waals surface area contributed by atoms with Crippen LogP contribution in [-0.4, -0.2) is 6.36 Å². The first-order valence-corrected chi connectivity index (χ1v) is 4.36. The predicted molar refractivity (Wildman–Crippen MR) is 49.6 cm³/mol. The number of rotatable bonds is 3. The van der Waals surface area contributed by atoms with Crippen molar-refractivity contribution in [3.05, 3.63) is 23.0 Å². The Kier molecular flexibility index (Phi) is 4.74. The van der Waals surface area contributed by atoms with Crippen molar-refractivity contribution in [2.75, 3.05) is 0 Å². The summed E-state index contributed by atoms with van der Waals surface area (Å²) in [6.07, 6.45) is -2.09. The van der Waals surface area contributed by atoms with Crippen LogP contribution in [0, 0.1) is 0 Å². The fourth-order valence-corrected chi connectivity index (χ4v) is 0.827. The Bertz CT molecular complexity index is 249. The summed E-state index contributed by atoms with van der Waals surface area (Å²) in [6, 6.07) is 0. The highest BCUT2D eigenvalue weighted by molar-refractivity contribution is 5.22. The van der Waals surface area contributed by atoms with Crippen LogP contribution in [0.4, 0.5) is 13.2 Å². The first-order valence-electron chi connectivity index (χ1n) is 4.36. The molecule has 0 amide bonds. The van der Waals surface area contributed by atoms with E-state index in [1.807, 2.05) is 13.8 Å². The zero-order chi connectivity index (χ0) is 11.4. The van der Waals surface area contributed by atoms with Gasteiger partial charge in [-0.05, 0) is 32.8 Å². The van der Waals surface area contributed by atoms with Gasteiger partial charge in [-0.1, -0.05) is 18.6 Å². The number of allylic oxidation sites excluding steroid dienone is 4. The Morgan fingerprint density at radius 1 is 1.21 bits per heavy atom. The second-order valence-corrected chi connectivity index (χ2v) is 3.13. The summed E-state index contributed by atoms with van der Waals surface area (Å²) in [5.41, 5.74) is 1.52. The van der Waals surface area contributed by atoms with E-state index in [9.17, 15) is 13.2 Å². The van der Waals surface area contributed by atoms with Gasteiger partial charge in [0.2, 0.25) is 0 Å². The summed E-state index contributed by atoms with van der Waals surface area (Å²) in [6.45, 7) is 6.71. The summed E-state index contributed by atoms with van der Waals surface area (Å²) >= 11 is 0. The predicted octanol–water partition coefficient (Wildman–Crippen LogP) is 4.17. The third-order valence-corrected chi connectivity index (χ3v) is 1.84. The van der Waals surface area contributed by atoms with Gasteiger partial charge in [-0.15, -0.1) is 13.2 Å². The molecule has 0 aliphatic rings.